The molecule has 112 heavy (non-hydrogen) atoms. The molecule has 0 bridgehead atoms. The maximum Gasteiger partial charge on any atom is 0.212 e. The highest BCUT2D eigenvalue weighted by molar-refractivity contribution is 6.90. The van der Waals surface area contributed by atoms with Crippen molar-refractivity contribution in [2.75, 3.05) is 0 Å². The van der Waals surface area contributed by atoms with Crippen molar-refractivity contribution in [3.8, 4) is 45.0 Å². The lowest BCUT2D eigenvalue weighted by molar-refractivity contribution is -0.660. The Bertz CT molecular complexity index is 4450. The average Bonchev–Trinajstić information content (AvgIpc) is 0.999. The summed E-state index contributed by atoms with van der Waals surface area (Å²) < 4.78 is 9.59. The number of hydrogen-bond acceptors (Lipinski definition) is 0. The highest BCUT2D eigenvalue weighted by Gasteiger charge is 2.34. The van der Waals surface area contributed by atoms with Crippen LogP contribution in [-0.4, -0.2) is 32.3 Å². The second-order valence-corrected chi connectivity index (χ2v) is 62.3. The number of hydrogen-bond donors (Lipinski definition) is 0. The van der Waals surface area contributed by atoms with Gasteiger partial charge in [0.1, 0.15) is 28.2 Å². The van der Waals surface area contributed by atoms with Gasteiger partial charge in [-0.2, -0.15) is 0 Å². The Morgan fingerprint density at radius 1 is 0.348 bits per heavy atom. The van der Waals surface area contributed by atoms with Crippen molar-refractivity contribution < 1.29 is 18.3 Å². The summed E-state index contributed by atoms with van der Waals surface area (Å²) in [5.41, 5.74) is 29.1. The van der Waals surface area contributed by atoms with E-state index in [1.54, 1.807) is 43.0 Å². The second-order valence-electron chi connectivity index (χ2n) is 42.1. The maximum atomic E-state index is 2.56. The van der Waals surface area contributed by atoms with Gasteiger partial charge in [-0.3, -0.25) is 0 Å². The fraction of sp³-hybridized carbons (Fsp3) is 0.577. The van der Waals surface area contributed by atoms with Gasteiger partial charge in [-0.1, -0.05) is 292 Å². The normalized spacial score (nSPS) is 15.7. The molecule has 4 aliphatic rings. The van der Waals surface area contributed by atoms with Crippen LogP contribution in [0.1, 0.15) is 256 Å². The average molecular weight is 1580 g/mol. The molecule has 0 aliphatic heterocycles. The lowest BCUT2D eigenvalue weighted by Crippen LogP contribution is -2.45. The number of nitrogens with zero attached hydrogens (tertiary/aromatic N) is 4. The van der Waals surface area contributed by atoms with E-state index < -0.39 is 32.3 Å². The first-order valence-corrected chi connectivity index (χ1v) is 59.1. The van der Waals surface area contributed by atoms with Gasteiger partial charge in [-0.25, -0.2) is 18.3 Å². The highest BCUT2D eigenvalue weighted by Crippen LogP contribution is 2.37. The summed E-state index contributed by atoms with van der Waals surface area (Å²) in [6.07, 6.45) is 41.4. The summed E-state index contributed by atoms with van der Waals surface area (Å²) in [7, 11) is 3.33. The number of benzene rings is 4. The summed E-state index contributed by atoms with van der Waals surface area (Å²) in [6, 6.07) is 38.5. The molecule has 12 rings (SSSR count). The smallest absolute Gasteiger partial charge is 0.201 e. The molecular formula is C104H160N4Si4+4. The quantitative estimate of drug-likeness (QED) is 0.0475. The minimum Gasteiger partial charge on any atom is -0.201 e. The van der Waals surface area contributed by atoms with Crippen molar-refractivity contribution in [1.29, 1.82) is 0 Å². The Morgan fingerprint density at radius 2 is 0.616 bits per heavy atom. The lowest BCUT2D eigenvalue weighted by Gasteiger charge is -2.23. The monoisotopic (exact) mass is 1580 g/mol. The van der Waals surface area contributed by atoms with Crippen LogP contribution >= 0.6 is 0 Å². The third-order valence-corrected chi connectivity index (χ3v) is 34.7. The molecule has 0 N–H and O–H groups in total. The molecule has 4 aromatic heterocycles. The van der Waals surface area contributed by atoms with E-state index in [1.807, 2.05) is 0 Å². The number of rotatable bonds is 22. The predicted octanol–water partition coefficient (Wildman–Crippen LogP) is 24.6. The zero-order valence-electron chi connectivity index (χ0n) is 77.1. The molecule has 0 unspecified atom stereocenters. The van der Waals surface area contributed by atoms with Crippen LogP contribution in [0, 0.1) is 57.3 Å². The Labute approximate surface area is 691 Å². The van der Waals surface area contributed by atoms with Crippen LogP contribution in [-0.2, 0) is 65.7 Å². The molecule has 4 nitrogen and oxygen atoms in total. The summed E-state index contributed by atoms with van der Waals surface area (Å²) >= 11 is 0. The fourth-order valence-electron chi connectivity index (χ4n) is 19.5. The van der Waals surface area contributed by atoms with Gasteiger partial charge >= 0.3 is 0 Å². The molecule has 0 atom stereocenters. The molecule has 8 heteroatoms. The van der Waals surface area contributed by atoms with Crippen molar-refractivity contribution >= 4 is 53.0 Å². The predicted molar refractivity (Wildman–Crippen MR) is 500 cm³/mol. The Morgan fingerprint density at radius 3 is 0.893 bits per heavy atom. The maximum absolute atomic E-state index is 2.56. The molecule has 4 saturated carbocycles. The zero-order chi connectivity index (χ0) is 82.1. The van der Waals surface area contributed by atoms with Gasteiger partial charge in [0, 0.05) is 68.8 Å². The molecule has 0 amide bonds. The number of aryl methyl sites for hydroxylation is 8. The van der Waals surface area contributed by atoms with Crippen molar-refractivity contribution in [2.45, 2.75) is 334 Å². The highest BCUT2D eigenvalue weighted by atomic mass is 28.3. The Kier molecular flexibility index (Phi) is 31.1. The van der Waals surface area contributed by atoms with Crippen LogP contribution in [0.2, 0.25) is 78.6 Å². The zero-order valence-corrected chi connectivity index (χ0v) is 81.1. The number of aromatic nitrogens is 4. The van der Waals surface area contributed by atoms with E-state index in [-0.39, 0.29) is 5.41 Å². The van der Waals surface area contributed by atoms with E-state index in [0.717, 1.165) is 30.1 Å². The van der Waals surface area contributed by atoms with E-state index in [4.69, 9.17) is 0 Å². The molecular weight excluding hydrogens is 1420 g/mol. The first-order valence-electron chi connectivity index (χ1n) is 45.1. The van der Waals surface area contributed by atoms with Gasteiger partial charge in [0.15, 0.2) is 24.8 Å². The topological polar surface area (TPSA) is 15.5 Å². The van der Waals surface area contributed by atoms with Crippen LogP contribution in [0.3, 0.4) is 0 Å². The van der Waals surface area contributed by atoms with Gasteiger partial charge in [-0.15, -0.1) is 0 Å². The van der Waals surface area contributed by atoms with Crippen molar-refractivity contribution in [1.82, 2.24) is 0 Å². The fourth-order valence-corrected chi connectivity index (χ4v) is 26.3. The van der Waals surface area contributed by atoms with E-state index >= 15 is 0 Å². The molecule has 4 aromatic carbocycles. The van der Waals surface area contributed by atoms with Crippen LogP contribution in [0.15, 0.2) is 122 Å². The van der Waals surface area contributed by atoms with Gasteiger partial charge in [-0.05, 0) is 209 Å². The summed E-state index contributed by atoms with van der Waals surface area (Å²) in [5, 5.41) is 6.66. The minimum absolute atomic E-state index is 0.172. The molecule has 0 saturated heterocycles. The molecule has 4 heterocycles. The van der Waals surface area contributed by atoms with E-state index in [2.05, 4.69) is 337 Å². The standard InChI is InChI=1S/C27H42NSi.2C26H40NSi.C25H38NSi/c1-8-22(9-2)23-15-14-20(3)25(17-23)26-18-27(29(5,6)7)24(19-28(26)4)16-21-12-10-11-13-21;1-19-13-14-22(26(2,3)4)16-23(19)24-17-25(28(6,7)8)21(18-27(24)5)15-20-11-9-10-12-20;1-19(2)14-22-13-12-20(3)24(16-22)25-17-26(28(5,6)7)23(18-27(25)4)15-21-10-8-9-11-21;1-18(2)21-13-12-19(3)23(15-21)24-16-25(27(5,6)7)22(17-26(24)4)14-20-10-8-9-11-20/h14-15,17-19,21-22H,8-13,16H2,1-7H3;13-14,16-18,20H,9-12,15H2,1-8H3;12-13,16-19,21H,8-11,14-15H2,1-7H3;12-13,15-18,20H,8-11,14H2,1-7H3/q4*+1. The van der Waals surface area contributed by atoms with E-state index in [1.165, 1.54) is 231 Å². The summed E-state index contributed by atoms with van der Waals surface area (Å²) in [6.45, 7) is 59.8. The lowest BCUT2D eigenvalue weighted by atomic mass is 9.84. The second kappa shape index (κ2) is 38.6. The van der Waals surface area contributed by atoms with Crippen LogP contribution in [0.4, 0.5) is 0 Å². The molecule has 4 aliphatic carbocycles. The third-order valence-electron chi connectivity index (χ3n) is 26.4. The van der Waals surface area contributed by atoms with Gasteiger partial charge in [0.25, 0.3) is 0 Å². The van der Waals surface area contributed by atoms with E-state index in [9.17, 15) is 0 Å². The molecule has 0 spiro atoms. The van der Waals surface area contributed by atoms with Crippen molar-refractivity contribution in [3.05, 3.63) is 189 Å². The summed E-state index contributed by atoms with van der Waals surface area (Å²) in [5.74, 6) is 5.51. The van der Waals surface area contributed by atoms with Crippen molar-refractivity contribution in [3.63, 3.8) is 0 Å². The largest absolute Gasteiger partial charge is 0.212 e. The van der Waals surface area contributed by atoms with Crippen molar-refractivity contribution in [2.24, 2.45) is 57.8 Å². The Balaban J connectivity index is 0.000000171. The minimum atomic E-state index is -1.42. The van der Waals surface area contributed by atoms with E-state index in [0.29, 0.717) is 17.8 Å². The van der Waals surface area contributed by atoms with Gasteiger partial charge in [0.2, 0.25) is 22.8 Å². The van der Waals surface area contributed by atoms with Gasteiger partial charge < -0.3 is 0 Å². The SMILES string of the molecule is CCC(CC)c1ccc(C)c(-c2cc([Si](C)(C)C)c(CC3CCCC3)c[n+]2C)c1.Cc1ccc(C(C)(C)C)cc1-c1cc([Si](C)(C)C)c(CC2CCCC2)c[n+]1C.Cc1ccc(C(C)C)cc1-c1cc([Si](C)(C)C)c(CC2CCCC2)c[n+]1C.Cc1ccc(CC(C)C)cc1-c1cc([Si](C)(C)C)c(CC2CCCC2)c[n+]1C. The third kappa shape index (κ3) is 23.8. The first kappa shape index (κ1) is 90.3. The molecule has 0 radical (unpaired) electrons. The number of pyridine rings is 4. The summed E-state index contributed by atoms with van der Waals surface area (Å²) in [4.78, 5) is 0. The Hall–Kier alpha value is -5.65. The van der Waals surface area contributed by atoms with Gasteiger partial charge in [0.05, 0.1) is 32.3 Å². The van der Waals surface area contributed by atoms with Crippen LogP contribution in [0.25, 0.3) is 45.0 Å². The van der Waals surface area contributed by atoms with Crippen LogP contribution in [0.5, 0.6) is 0 Å². The molecule has 4 fully saturated rings. The molecule has 8 aromatic rings. The first-order chi connectivity index (χ1) is 52.5. The molecule has 608 valence electrons. The van der Waals surface area contributed by atoms with Crippen LogP contribution < -0.4 is 39.0 Å².